The van der Waals surface area contributed by atoms with Gasteiger partial charge in [0.25, 0.3) is 0 Å². The van der Waals surface area contributed by atoms with Crippen LogP contribution in [0, 0.1) is 11.8 Å². The Kier molecular flexibility index (Phi) is 7.74. The summed E-state index contributed by atoms with van der Waals surface area (Å²) in [5.41, 5.74) is 0. The summed E-state index contributed by atoms with van der Waals surface area (Å²) in [6.07, 6.45) is 0. The van der Waals surface area contributed by atoms with Crippen molar-refractivity contribution >= 4 is 17.9 Å². The topological polar surface area (TPSA) is 78.9 Å². The SMILES string of the molecule is CCOC(=O)C(C(=O)OCC)[C@H](C)C(=O)OCC. The van der Waals surface area contributed by atoms with Crippen LogP contribution in [0.5, 0.6) is 0 Å². The van der Waals surface area contributed by atoms with Gasteiger partial charge in [0, 0.05) is 0 Å². The van der Waals surface area contributed by atoms with Crippen molar-refractivity contribution in [3.05, 3.63) is 0 Å². The summed E-state index contributed by atoms with van der Waals surface area (Å²) in [4.78, 5) is 34.9. The Hall–Kier alpha value is -1.59. The largest absolute Gasteiger partial charge is 0.466 e. The van der Waals surface area contributed by atoms with Gasteiger partial charge in [0.05, 0.1) is 25.7 Å². The molecule has 0 saturated carbocycles. The van der Waals surface area contributed by atoms with Crippen molar-refractivity contribution < 1.29 is 28.6 Å². The number of hydrogen-bond donors (Lipinski definition) is 0. The van der Waals surface area contributed by atoms with Gasteiger partial charge in [-0.2, -0.15) is 0 Å². The lowest BCUT2D eigenvalue weighted by Gasteiger charge is -2.19. The molecule has 0 radical (unpaired) electrons. The first-order chi connectivity index (χ1) is 8.49. The summed E-state index contributed by atoms with van der Waals surface area (Å²) in [5, 5.41) is 0. The third-order valence-corrected chi connectivity index (χ3v) is 2.24. The average molecular weight is 260 g/mol. The highest BCUT2D eigenvalue weighted by Crippen LogP contribution is 2.17. The number of carbonyl (C=O) groups is 3. The van der Waals surface area contributed by atoms with Crippen molar-refractivity contribution in [3.8, 4) is 0 Å². The van der Waals surface area contributed by atoms with E-state index < -0.39 is 29.7 Å². The Labute approximate surface area is 107 Å². The fraction of sp³-hybridized carbons (Fsp3) is 0.750. The van der Waals surface area contributed by atoms with Gasteiger partial charge < -0.3 is 14.2 Å². The highest BCUT2D eigenvalue weighted by molar-refractivity contribution is 5.99. The maximum atomic E-state index is 11.7. The van der Waals surface area contributed by atoms with E-state index in [4.69, 9.17) is 14.2 Å². The molecule has 0 rings (SSSR count). The maximum Gasteiger partial charge on any atom is 0.321 e. The Morgan fingerprint density at radius 1 is 0.778 bits per heavy atom. The minimum absolute atomic E-state index is 0.129. The molecular formula is C12H20O6. The van der Waals surface area contributed by atoms with Crippen LogP contribution in [-0.4, -0.2) is 37.7 Å². The van der Waals surface area contributed by atoms with Crippen molar-refractivity contribution in [1.29, 1.82) is 0 Å². The fourth-order valence-corrected chi connectivity index (χ4v) is 1.38. The first-order valence-electron chi connectivity index (χ1n) is 5.99. The van der Waals surface area contributed by atoms with Crippen molar-refractivity contribution in [2.45, 2.75) is 27.7 Å². The molecule has 0 aromatic carbocycles. The van der Waals surface area contributed by atoms with Gasteiger partial charge in [-0.15, -0.1) is 0 Å². The van der Waals surface area contributed by atoms with Crippen LogP contribution in [-0.2, 0) is 28.6 Å². The van der Waals surface area contributed by atoms with E-state index >= 15 is 0 Å². The highest BCUT2D eigenvalue weighted by atomic mass is 16.6. The van der Waals surface area contributed by atoms with Crippen LogP contribution < -0.4 is 0 Å². The molecule has 0 aliphatic heterocycles. The molecule has 0 aliphatic carbocycles. The van der Waals surface area contributed by atoms with E-state index in [0.29, 0.717) is 0 Å². The molecule has 0 aliphatic rings. The molecule has 1 atom stereocenters. The number of rotatable bonds is 7. The third-order valence-electron chi connectivity index (χ3n) is 2.24. The Morgan fingerprint density at radius 2 is 1.11 bits per heavy atom. The molecule has 0 saturated heterocycles. The van der Waals surface area contributed by atoms with Crippen molar-refractivity contribution in [2.75, 3.05) is 19.8 Å². The first-order valence-corrected chi connectivity index (χ1v) is 5.99. The predicted molar refractivity (Wildman–Crippen MR) is 62.6 cm³/mol. The second-order valence-corrected chi connectivity index (χ2v) is 3.52. The summed E-state index contributed by atoms with van der Waals surface area (Å²) in [5.74, 6) is -4.36. The molecule has 0 unspecified atom stereocenters. The number of hydrogen-bond acceptors (Lipinski definition) is 6. The molecule has 0 aromatic rings. The lowest BCUT2D eigenvalue weighted by molar-refractivity contribution is -0.170. The Balaban J connectivity index is 4.89. The van der Waals surface area contributed by atoms with Gasteiger partial charge in [0.15, 0.2) is 5.92 Å². The van der Waals surface area contributed by atoms with Gasteiger partial charge in [-0.1, -0.05) is 6.92 Å². The second-order valence-electron chi connectivity index (χ2n) is 3.52. The van der Waals surface area contributed by atoms with E-state index in [9.17, 15) is 14.4 Å². The van der Waals surface area contributed by atoms with Crippen molar-refractivity contribution in [3.63, 3.8) is 0 Å². The number of carbonyl (C=O) groups excluding carboxylic acids is 3. The summed E-state index contributed by atoms with van der Waals surface area (Å²) in [7, 11) is 0. The zero-order valence-electron chi connectivity index (χ0n) is 11.2. The third kappa shape index (κ3) is 4.73. The van der Waals surface area contributed by atoms with E-state index in [1.54, 1.807) is 20.8 Å². The molecule has 104 valence electrons. The molecule has 0 bridgehead atoms. The quantitative estimate of drug-likeness (QED) is 0.385. The van der Waals surface area contributed by atoms with Crippen molar-refractivity contribution in [1.82, 2.24) is 0 Å². The van der Waals surface area contributed by atoms with E-state index in [1.165, 1.54) is 6.92 Å². The van der Waals surface area contributed by atoms with E-state index in [0.717, 1.165) is 0 Å². The molecule has 6 heteroatoms. The fourth-order valence-electron chi connectivity index (χ4n) is 1.38. The average Bonchev–Trinajstić information content (AvgIpc) is 2.30. The molecule has 0 fully saturated rings. The van der Waals surface area contributed by atoms with E-state index in [2.05, 4.69) is 0 Å². The van der Waals surface area contributed by atoms with Crippen molar-refractivity contribution in [2.24, 2.45) is 11.8 Å². The summed E-state index contributed by atoms with van der Waals surface area (Å²) in [6, 6.07) is 0. The van der Waals surface area contributed by atoms with Gasteiger partial charge in [0.1, 0.15) is 0 Å². The molecular weight excluding hydrogens is 240 g/mol. The summed E-state index contributed by atoms with van der Waals surface area (Å²) < 4.78 is 14.3. The molecule has 0 aromatic heterocycles. The highest BCUT2D eigenvalue weighted by Gasteiger charge is 2.39. The standard InChI is InChI=1S/C12H20O6/c1-5-16-10(13)8(4)9(11(14)17-6-2)12(15)18-7-3/h8-9H,5-7H2,1-4H3/t8-/m0/s1. The number of esters is 3. The van der Waals surface area contributed by atoms with Crippen LogP contribution in [0.15, 0.2) is 0 Å². The van der Waals surface area contributed by atoms with Crippen LogP contribution in [0.1, 0.15) is 27.7 Å². The Morgan fingerprint density at radius 3 is 1.44 bits per heavy atom. The van der Waals surface area contributed by atoms with Gasteiger partial charge in [-0.25, -0.2) is 0 Å². The summed E-state index contributed by atoms with van der Waals surface area (Å²) in [6.45, 7) is 6.77. The zero-order chi connectivity index (χ0) is 14.1. The van der Waals surface area contributed by atoms with Gasteiger partial charge in [0.2, 0.25) is 0 Å². The molecule has 0 heterocycles. The normalized spacial score (nSPS) is 11.8. The van der Waals surface area contributed by atoms with Crippen LogP contribution in [0.25, 0.3) is 0 Å². The monoisotopic (exact) mass is 260 g/mol. The predicted octanol–water partition coefficient (Wildman–Crippen LogP) is 0.928. The lowest BCUT2D eigenvalue weighted by Crippen LogP contribution is -2.37. The zero-order valence-corrected chi connectivity index (χ0v) is 11.2. The second kappa shape index (κ2) is 8.49. The van der Waals surface area contributed by atoms with Gasteiger partial charge in [-0.05, 0) is 20.8 Å². The minimum Gasteiger partial charge on any atom is -0.466 e. The molecule has 6 nitrogen and oxygen atoms in total. The molecule has 0 spiro atoms. The first kappa shape index (κ1) is 16.4. The minimum atomic E-state index is -1.27. The number of ether oxygens (including phenoxy) is 3. The van der Waals surface area contributed by atoms with E-state index in [1.807, 2.05) is 0 Å². The van der Waals surface area contributed by atoms with Crippen LogP contribution in [0.2, 0.25) is 0 Å². The van der Waals surface area contributed by atoms with Gasteiger partial charge in [-0.3, -0.25) is 14.4 Å². The van der Waals surface area contributed by atoms with Crippen LogP contribution in [0.4, 0.5) is 0 Å². The van der Waals surface area contributed by atoms with Gasteiger partial charge >= 0.3 is 17.9 Å². The molecule has 18 heavy (non-hydrogen) atoms. The Bertz CT molecular complexity index is 281. The lowest BCUT2D eigenvalue weighted by atomic mass is 9.94. The molecule has 0 N–H and O–H groups in total. The van der Waals surface area contributed by atoms with Crippen LogP contribution >= 0.6 is 0 Å². The summed E-state index contributed by atoms with van der Waals surface area (Å²) >= 11 is 0. The van der Waals surface area contributed by atoms with Crippen LogP contribution in [0.3, 0.4) is 0 Å². The molecule has 0 amide bonds. The maximum absolute atomic E-state index is 11.7. The smallest absolute Gasteiger partial charge is 0.321 e. The van der Waals surface area contributed by atoms with E-state index in [-0.39, 0.29) is 19.8 Å².